The molecular formula is C9H10BrClN2. The Kier molecular flexibility index (Phi) is 2.39. The molecule has 0 N–H and O–H groups in total. The first-order chi connectivity index (χ1) is 6.25. The van der Waals surface area contributed by atoms with Crippen molar-refractivity contribution >= 4 is 39.1 Å². The maximum atomic E-state index is 6.20. The molecule has 1 atom stereocenters. The van der Waals surface area contributed by atoms with Crippen LogP contribution in [0.4, 0.5) is 11.4 Å². The number of nitrogens with zero attached hydrogens (tertiary/aromatic N) is 2. The second-order valence-electron chi connectivity index (χ2n) is 2.90. The summed E-state index contributed by atoms with van der Waals surface area (Å²) < 4.78 is 1.90. The molecule has 0 saturated carbocycles. The van der Waals surface area contributed by atoms with Crippen molar-refractivity contribution in [2.45, 2.75) is 12.5 Å². The minimum atomic E-state index is -0.123. The van der Waals surface area contributed by atoms with Crippen LogP contribution in [0.15, 0.2) is 24.3 Å². The largest absolute Gasteiger partial charge is 0.336 e. The summed E-state index contributed by atoms with van der Waals surface area (Å²) in [4.78, 5) is 2.13. The minimum Gasteiger partial charge on any atom is -0.336 e. The zero-order chi connectivity index (χ0) is 9.42. The van der Waals surface area contributed by atoms with Crippen LogP contribution in [-0.2, 0) is 0 Å². The summed E-state index contributed by atoms with van der Waals surface area (Å²) >= 11 is 9.64. The van der Waals surface area contributed by atoms with E-state index in [0.717, 1.165) is 12.2 Å². The van der Waals surface area contributed by atoms with Crippen LogP contribution in [0, 0.1) is 0 Å². The van der Waals surface area contributed by atoms with Gasteiger partial charge in [0.25, 0.3) is 0 Å². The molecule has 2 nitrogen and oxygen atoms in total. The molecule has 0 fully saturated rings. The van der Waals surface area contributed by atoms with Gasteiger partial charge in [0.05, 0.1) is 27.5 Å². The number of fused-ring (bicyclic) bond motifs is 1. The molecule has 2 rings (SSSR count). The van der Waals surface area contributed by atoms with Crippen molar-refractivity contribution in [3.8, 4) is 0 Å². The predicted octanol–water partition coefficient (Wildman–Crippen LogP) is 3.17. The Bertz CT molecular complexity index is 318. The molecule has 1 aromatic rings. The van der Waals surface area contributed by atoms with Crippen LogP contribution in [0.1, 0.15) is 6.92 Å². The van der Waals surface area contributed by atoms with Crippen LogP contribution < -0.4 is 8.83 Å². The van der Waals surface area contributed by atoms with Crippen LogP contribution in [0.25, 0.3) is 0 Å². The van der Waals surface area contributed by atoms with Gasteiger partial charge in [0.1, 0.15) is 0 Å². The summed E-state index contributed by atoms with van der Waals surface area (Å²) in [5.74, 6) is 0. The van der Waals surface area contributed by atoms with Crippen molar-refractivity contribution in [3.05, 3.63) is 24.3 Å². The fraction of sp³-hybridized carbons (Fsp3) is 0.333. The Morgan fingerprint density at radius 2 is 2.00 bits per heavy atom. The van der Waals surface area contributed by atoms with E-state index in [1.54, 1.807) is 0 Å². The highest BCUT2D eigenvalue weighted by atomic mass is 79.9. The maximum absolute atomic E-state index is 6.20. The summed E-state index contributed by atoms with van der Waals surface area (Å²) in [5.41, 5.74) is 2.19. The summed E-state index contributed by atoms with van der Waals surface area (Å²) in [6, 6.07) is 8.16. The van der Waals surface area contributed by atoms with E-state index >= 15 is 0 Å². The number of benzene rings is 1. The molecule has 4 heteroatoms. The molecule has 1 aliphatic heterocycles. The molecule has 1 aliphatic rings. The number of hydrogen-bond donors (Lipinski definition) is 0. The number of hydrogen-bond acceptors (Lipinski definition) is 2. The Balaban J connectivity index is 2.47. The molecule has 0 saturated heterocycles. The lowest BCUT2D eigenvalue weighted by Crippen LogP contribution is -2.33. The Morgan fingerprint density at radius 3 is 2.62 bits per heavy atom. The third-order valence-corrected chi connectivity index (χ3v) is 3.64. The summed E-state index contributed by atoms with van der Waals surface area (Å²) in [5, 5.41) is 0. The smallest absolute Gasteiger partial charge is 0.189 e. The van der Waals surface area contributed by atoms with Gasteiger partial charge in [-0.3, -0.25) is 3.93 Å². The molecule has 1 unspecified atom stereocenters. The van der Waals surface area contributed by atoms with Crippen LogP contribution in [-0.4, -0.2) is 12.2 Å². The molecule has 0 radical (unpaired) electrons. The average molecular weight is 262 g/mol. The highest BCUT2D eigenvalue weighted by Gasteiger charge is 2.31. The molecule has 70 valence electrons. The number of alkyl halides is 1. The van der Waals surface area contributed by atoms with Gasteiger partial charge in [-0.2, -0.15) is 0 Å². The first-order valence-electron chi connectivity index (χ1n) is 4.20. The fourth-order valence-corrected chi connectivity index (χ4v) is 2.43. The van der Waals surface area contributed by atoms with Crippen molar-refractivity contribution < 1.29 is 0 Å². The van der Waals surface area contributed by atoms with Crippen molar-refractivity contribution in [2.24, 2.45) is 0 Å². The van der Waals surface area contributed by atoms with Crippen LogP contribution in [0.3, 0.4) is 0 Å². The summed E-state index contributed by atoms with van der Waals surface area (Å²) in [7, 11) is 0. The highest BCUT2D eigenvalue weighted by Crippen LogP contribution is 2.42. The van der Waals surface area contributed by atoms with Gasteiger partial charge in [-0.15, -0.1) is 0 Å². The normalized spacial score (nSPS) is 20.7. The van der Waals surface area contributed by atoms with E-state index in [2.05, 4.69) is 40.1 Å². The third-order valence-electron chi connectivity index (χ3n) is 2.21. The van der Waals surface area contributed by atoms with E-state index < -0.39 is 0 Å². The Hall–Kier alpha value is -0.410. The number of anilines is 2. The maximum Gasteiger partial charge on any atom is 0.189 e. The molecule has 0 aliphatic carbocycles. The van der Waals surface area contributed by atoms with Crippen LogP contribution >= 0.6 is 27.7 Å². The lowest BCUT2D eigenvalue weighted by atomic mass is 10.3. The van der Waals surface area contributed by atoms with E-state index in [-0.39, 0.29) is 5.62 Å². The monoisotopic (exact) mass is 260 g/mol. The SMILES string of the molecule is CCN1c2ccccc2N(Br)C1Cl. The first-order valence-corrected chi connectivity index (χ1v) is 5.35. The van der Waals surface area contributed by atoms with Gasteiger partial charge >= 0.3 is 0 Å². The molecule has 0 aromatic heterocycles. The lowest BCUT2D eigenvalue weighted by molar-refractivity contribution is 0.838. The highest BCUT2D eigenvalue weighted by molar-refractivity contribution is 9.10. The van der Waals surface area contributed by atoms with Gasteiger partial charge in [0, 0.05) is 6.54 Å². The zero-order valence-corrected chi connectivity index (χ0v) is 9.59. The Morgan fingerprint density at radius 1 is 1.38 bits per heavy atom. The second kappa shape index (κ2) is 3.39. The van der Waals surface area contributed by atoms with Crippen molar-refractivity contribution in [1.29, 1.82) is 0 Å². The quantitative estimate of drug-likeness (QED) is 0.435. The van der Waals surface area contributed by atoms with Gasteiger partial charge in [-0.05, 0) is 19.1 Å². The van der Waals surface area contributed by atoms with Crippen LogP contribution in [0.2, 0.25) is 0 Å². The topological polar surface area (TPSA) is 6.48 Å². The van der Waals surface area contributed by atoms with Gasteiger partial charge < -0.3 is 4.90 Å². The van der Waals surface area contributed by atoms with Crippen LogP contribution in [0.5, 0.6) is 0 Å². The van der Waals surface area contributed by atoms with Gasteiger partial charge in [0.15, 0.2) is 5.62 Å². The molecule has 1 aromatic carbocycles. The predicted molar refractivity (Wildman–Crippen MR) is 60.5 cm³/mol. The summed E-state index contributed by atoms with van der Waals surface area (Å²) in [6.45, 7) is 3.01. The molecule has 1 heterocycles. The lowest BCUT2D eigenvalue weighted by Gasteiger charge is -2.22. The van der Waals surface area contributed by atoms with Crippen molar-refractivity contribution in [1.82, 2.24) is 0 Å². The fourth-order valence-electron chi connectivity index (χ4n) is 1.56. The number of rotatable bonds is 1. The van der Waals surface area contributed by atoms with E-state index in [1.807, 2.05) is 16.1 Å². The standard InChI is InChI=1S/C9H10BrClN2/c1-2-12-7-5-3-4-6-8(7)13(10)9(12)11/h3-6,9H,2H2,1H3. The number of halogens is 2. The Labute approximate surface area is 91.4 Å². The average Bonchev–Trinajstić information content (AvgIpc) is 2.41. The molecular weight excluding hydrogens is 251 g/mol. The van der Waals surface area contributed by atoms with E-state index in [0.29, 0.717) is 0 Å². The molecule has 13 heavy (non-hydrogen) atoms. The van der Waals surface area contributed by atoms with Gasteiger partial charge in [-0.25, -0.2) is 0 Å². The van der Waals surface area contributed by atoms with Gasteiger partial charge in [0.2, 0.25) is 0 Å². The third kappa shape index (κ3) is 1.30. The number of para-hydroxylation sites is 2. The van der Waals surface area contributed by atoms with Gasteiger partial charge in [-0.1, -0.05) is 23.7 Å². The molecule has 0 amide bonds. The zero-order valence-electron chi connectivity index (χ0n) is 7.24. The second-order valence-corrected chi connectivity index (χ2v) is 4.05. The minimum absolute atomic E-state index is 0.123. The van der Waals surface area contributed by atoms with E-state index in [1.165, 1.54) is 5.69 Å². The van der Waals surface area contributed by atoms with Crippen molar-refractivity contribution in [3.63, 3.8) is 0 Å². The molecule has 0 bridgehead atoms. The molecule has 0 spiro atoms. The van der Waals surface area contributed by atoms with E-state index in [9.17, 15) is 0 Å². The first kappa shape index (κ1) is 9.16. The van der Waals surface area contributed by atoms with Crippen molar-refractivity contribution in [2.75, 3.05) is 15.4 Å². The van der Waals surface area contributed by atoms with E-state index in [4.69, 9.17) is 11.6 Å². The summed E-state index contributed by atoms with van der Waals surface area (Å²) in [6.07, 6.45) is 0.